The molecule has 2 aromatic carbocycles. The first-order chi connectivity index (χ1) is 12.3. The maximum absolute atomic E-state index is 11.8. The monoisotopic (exact) mass is 335 g/mol. The standard InChI is InChI=1S/C20H21N3O2/c24-20(12-16-25-19-5-2-1-3-6-19)21-14-11-17-7-9-18(10-8-17)23-15-4-13-22-23/h1-10,13,15H,11-12,14,16H2,(H,21,24). The van der Waals surface area contributed by atoms with E-state index in [1.807, 2.05) is 59.4 Å². The lowest BCUT2D eigenvalue weighted by atomic mass is 10.1. The molecule has 0 bridgehead atoms. The first-order valence-corrected chi connectivity index (χ1v) is 8.35. The highest BCUT2D eigenvalue weighted by Crippen LogP contribution is 2.09. The molecular weight excluding hydrogens is 314 g/mol. The van der Waals surface area contributed by atoms with Crippen LogP contribution >= 0.6 is 0 Å². The average Bonchev–Trinajstić information content (AvgIpc) is 3.18. The highest BCUT2D eigenvalue weighted by atomic mass is 16.5. The SMILES string of the molecule is O=C(CCOc1ccccc1)NCCc1ccc(-n2cccn2)cc1. The normalized spacial score (nSPS) is 10.4. The Morgan fingerprint density at radius 1 is 1.04 bits per heavy atom. The third-order valence-electron chi connectivity index (χ3n) is 3.78. The second-order valence-corrected chi connectivity index (χ2v) is 5.63. The number of hydrogen-bond acceptors (Lipinski definition) is 3. The fourth-order valence-electron chi connectivity index (χ4n) is 2.45. The molecule has 1 amide bonds. The van der Waals surface area contributed by atoms with Crippen molar-refractivity contribution >= 4 is 5.91 Å². The number of aromatic nitrogens is 2. The Bertz CT molecular complexity index is 768. The highest BCUT2D eigenvalue weighted by molar-refractivity contribution is 5.75. The van der Waals surface area contributed by atoms with Crippen molar-refractivity contribution in [1.29, 1.82) is 0 Å². The number of para-hydroxylation sites is 1. The maximum atomic E-state index is 11.8. The van der Waals surface area contributed by atoms with Crippen molar-refractivity contribution in [3.05, 3.63) is 78.6 Å². The first-order valence-electron chi connectivity index (χ1n) is 8.35. The van der Waals surface area contributed by atoms with Crippen LogP contribution < -0.4 is 10.1 Å². The smallest absolute Gasteiger partial charge is 0.223 e. The lowest BCUT2D eigenvalue weighted by Crippen LogP contribution is -2.27. The summed E-state index contributed by atoms with van der Waals surface area (Å²) in [6, 6.07) is 19.6. The topological polar surface area (TPSA) is 56.1 Å². The van der Waals surface area contributed by atoms with Crippen LogP contribution in [0.25, 0.3) is 5.69 Å². The van der Waals surface area contributed by atoms with Gasteiger partial charge in [-0.3, -0.25) is 4.79 Å². The van der Waals surface area contributed by atoms with E-state index in [1.54, 1.807) is 6.20 Å². The van der Waals surface area contributed by atoms with Crippen molar-refractivity contribution < 1.29 is 9.53 Å². The molecule has 1 aromatic heterocycles. The van der Waals surface area contributed by atoms with Crippen LogP contribution in [0.2, 0.25) is 0 Å². The molecule has 0 atom stereocenters. The van der Waals surface area contributed by atoms with Gasteiger partial charge in [-0.15, -0.1) is 0 Å². The van der Waals surface area contributed by atoms with Gasteiger partial charge in [-0.1, -0.05) is 30.3 Å². The molecule has 1 N–H and O–H groups in total. The molecule has 0 saturated heterocycles. The third-order valence-corrected chi connectivity index (χ3v) is 3.78. The average molecular weight is 335 g/mol. The summed E-state index contributed by atoms with van der Waals surface area (Å²) in [5, 5.41) is 7.12. The Morgan fingerprint density at radius 3 is 2.56 bits per heavy atom. The maximum Gasteiger partial charge on any atom is 0.223 e. The number of carbonyl (C=O) groups excluding carboxylic acids is 1. The molecule has 0 aliphatic carbocycles. The number of nitrogens with one attached hydrogen (secondary N) is 1. The van der Waals surface area contributed by atoms with E-state index in [1.165, 1.54) is 5.56 Å². The zero-order valence-electron chi connectivity index (χ0n) is 14.0. The van der Waals surface area contributed by atoms with Gasteiger partial charge in [0.25, 0.3) is 0 Å². The summed E-state index contributed by atoms with van der Waals surface area (Å²) in [7, 11) is 0. The van der Waals surface area contributed by atoms with Gasteiger partial charge in [-0.2, -0.15) is 5.10 Å². The van der Waals surface area contributed by atoms with Crippen LogP contribution in [0, 0.1) is 0 Å². The molecule has 0 saturated carbocycles. The summed E-state index contributed by atoms with van der Waals surface area (Å²) >= 11 is 0. The van der Waals surface area contributed by atoms with Crippen molar-refractivity contribution in [3.63, 3.8) is 0 Å². The highest BCUT2D eigenvalue weighted by Gasteiger charge is 2.02. The number of benzene rings is 2. The predicted octanol–water partition coefficient (Wildman–Crippen LogP) is 3.00. The van der Waals surface area contributed by atoms with Gasteiger partial charge < -0.3 is 10.1 Å². The lowest BCUT2D eigenvalue weighted by Gasteiger charge is -2.08. The molecule has 0 fully saturated rings. The van der Waals surface area contributed by atoms with Crippen LogP contribution in [0.15, 0.2) is 73.1 Å². The Kier molecular flexibility index (Phi) is 5.82. The molecule has 0 aliphatic rings. The molecule has 0 unspecified atom stereocenters. The summed E-state index contributed by atoms with van der Waals surface area (Å²) in [5.74, 6) is 0.789. The van der Waals surface area contributed by atoms with Crippen LogP contribution in [0.1, 0.15) is 12.0 Å². The van der Waals surface area contributed by atoms with Gasteiger partial charge in [-0.05, 0) is 42.3 Å². The largest absolute Gasteiger partial charge is 0.493 e. The number of ether oxygens (including phenoxy) is 1. The van der Waals surface area contributed by atoms with E-state index in [0.717, 1.165) is 17.9 Å². The predicted molar refractivity (Wildman–Crippen MR) is 96.8 cm³/mol. The van der Waals surface area contributed by atoms with Gasteiger partial charge in [0.1, 0.15) is 5.75 Å². The molecule has 0 radical (unpaired) electrons. The van der Waals surface area contributed by atoms with E-state index in [2.05, 4.69) is 22.5 Å². The van der Waals surface area contributed by atoms with Crippen LogP contribution in [0.5, 0.6) is 5.75 Å². The second kappa shape index (κ2) is 8.68. The van der Waals surface area contributed by atoms with E-state index >= 15 is 0 Å². The molecule has 5 nitrogen and oxygen atoms in total. The lowest BCUT2D eigenvalue weighted by molar-refractivity contribution is -0.121. The van der Waals surface area contributed by atoms with E-state index < -0.39 is 0 Å². The minimum Gasteiger partial charge on any atom is -0.493 e. The van der Waals surface area contributed by atoms with Gasteiger partial charge in [0.05, 0.1) is 18.7 Å². The molecule has 128 valence electrons. The Labute approximate surface area is 147 Å². The van der Waals surface area contributed by atoms with Crippen molar-refractivity contribution in [2.45, 2.75) is 12.8 Å². The fraction of sp³-hybridized carbons (Fsp3) is 0.200. The van der Waals surface area contributed by atoms with Gasteiger partial charge in [0.15, 0.2) is 0 Å². The molecule has 25 heavy (non-hydrogen) atoms. The first kappa shape index (κ1) is 16.8. The minimum absolute atomic E-state index is 0.00379. The number of amides is 1. The molecule has 3 rings (SSSR count). The molecule has 0 spiro atoms. The molecular formula is C20H21N3O2. The summed E-state index contributed by atoms with van der Waals surface area (Å²) in [4.78, 5) is 11.8. The molecule has 0 aliphatic heterocycles. The Balaban J connectivity index is 1.35. The third kappa shape index (κ3) is 5.21. The number of carbonyl (C=O) groups is 1. The van der Waals surface area contributed by atoms with Crippen molar-refractivity contribution in [2.75, 3.05) is 13.2 Å². The van der Waals surface area contributed by atoms with Gasteiger partial charge in [0.2, 0.25) is 5.91 Å². The van der Waals surface area contributed by atoms with Crippen molar-refractivity contribution in [3.8, 4) is 11.4 Å². The Hall–Kier alpha value is -3.08. The van der Waals surface area contributed by atoms with Crippen molar-refractivity contribution in [1.82, 2.24) is 15.1 Å². The van der Waals surface area contributed by atoms with Crippen LogP contribution in [-0.4, -0.2) is 28.8 Å². The van der Waals surface area contributed by atoms with Crippen LogP contribution in [0.3, 0.4) is 0 Å². The fourth-order valence-corrected chi connectivity index (χ4v) is 2.45. The molecule has 1 heterocycles. The minimum atomic E-state index is 0.00379. The van der Waals surface area contributed by atoms with E-state index in [-0.39, 0.29) is 5.91 Å². The van der Waals surface area contributed by atoms with E-state index in [9.17, 15) is 4.79 Å². The number of hydrogen-bond donors (Lipinski definition) is 1. The zero-order chi connectivity index (χ0) is 17.3. The number of rotatable bonds is 8. The van der Waals surface area contributed by atoms with Gasteiger partial charge in [0, 0.05) is 18.9 Å². The quantitative estimate of drug-likeness (QED) is 0.688. The Morgan fingerprint density at radius 2 is 1.84 bits per heavy atom. The summed E-state index contributed by atoms with van der Waals surface area (Å²) < 4.78 is 7.34. The van der Waals surface area contributed by atoms with Crippen molar-refractivity contribution in [2.24, 2.45) is 0 Å². The summed E-state index contributed by atoms with van der Waals surface area (Å²) in [5.41, 5.74) is 2.20. The molecule has 5 heteroatoms. The van der Waals surface area contributed by atoms with Gasteiger partial charge >= 0.3 is 0 Å². The zero-order valence-corrected chi connectivity index (χ0v) is 14.0. The van der Waals surface area contributed by atoms with E-state index in [0.29, 0.717) is 19.6 Å². The summed E-state index contributed by atoms with van der Waals surface area (Å²) in [6.07, 6.45) is 4.81. The number of nitrogens with zero attached hydrogens (tertiary/aromatic N) is 2. The molecule has 3 aromatic rings. The second-order valence-electron chi connectivity index (χ2n) is 5.63. The van der Waals surface area contributed by atoms with Gasteiger partial charge in [-0.25, -0.2) is 4.68 Å². The van der Waals surface area contributed by atoms with E-state index in [4.69, 9.17) is 4.74 Å². The van der Waals surface area contributed by atoms with Crippen LogP contribution in [0.4, 0.5) is 0 Å². The summed E-state index contributed by atoms with van der Waals surface area (Å²) in [6.45, 7) is 1.000. The van der Waals surface area contributed by atoms with Crippen LogP contribution in [-0.2, 0) is 11.2 Å².